The molecule has 2 heterocycles. The predicted molar refractivity (Wildman–Crippen MR) is 78.5 cm³/mol. The van der Waals surface area contributed by atoms with E-state index in [1.165, 1.54) is 4.88 Å². The van der Waals surface area contributed by atoms with Gasteiger partial charge in [0.25, 0.3) is 0 Å². The molecule has 5 heteroatoms. The third-order valence-electron chi connectivity index (χ3n) is 2.90. The van der Waals surface area contributed by atoms with Gasteiger partial charge in [-0.15, -0.1) is 11.3 Å². The molecule has 18 heavy (non-hydrogen) atoms. The zero-order chi connectivity index (χ0) is 13.1. The van der Waals surface area contributed by atoms with Gasteiger partial charge in [-0.05, 0) is 37.6 Å². The fourth-order valence-electron chi connectivity index (χ4n) is 1.69. The molecule has 0 saturated carbocycles. The van der Waals surface area contributed by atoms with Crippen LogP contribution < -0.4 is 0 Å². The standard InChI is InChI=1S/C13H14Cl2N2S/c1-9(12-4-3-7-18-12)17(2)8-11-10(14)5-6-13(15)16-11/h3-7,9H,8H2,1-2H3. The van der Waals surface area contributed by atoms with E-state index >= 15 is 0 Å². The first-order chi connectivity index (χ1) is 8.58. The summed E-state index contributed by atoms with van der Waals surface area (Å²) in [6.45, 7) is 2.85. The van der Waals surface area contributed by atoms with Crippen molar-refractivity contribution in [3.8, 4) is 0 Å². The van der Waals surface area contributed by atoms with Crippen molar-refractivity contribution >= 4 is 34.5 Å². The van der Waals surface area contributed by atoms with Crippen LogP contribution in [0.2, 0.25) is 10.2 Å². The molecular formula is C13H14Cl2N2S. The molecule has 0 aliphatic heterocycles. The van der Waals surface area contributed by atoms with E-state index in [9.17, 15) is 0 Å². The van der Waals surface area contributed by atoms with Crippen molar-refractivity contribution in [2.24, 2.45) is 0 Å². The Labute approximate surface area is 121 Å². The van der Waals surface area contributed by atoms with E-state index in [4.69, 9.17) is 23.2 Å². The lowest BCUT2D eigenvalue weighted by Gasteiger charge is -2.23. The Morgan fingerprint density at radius 1 is 1.33 bits per heavy atom. The Hall–Kier alpha value is -0.610. The van der Waals surface area contributed by atoms with Gasteiger partial charge in [-0.2, -0.15) is 0 Å². The minimum absolute atomic E-state index is 0.335. The highest BCUT2D eigenvalue weighted by Crippen LogP contribution is 2.26. The monoisotopic (exact) mass is 300 g/mol. The topological polar surface area (TPSA) is 16.1 Å². The minimum atomic E-state index is 0.335. The Bertz CT molecular complexity index is 514. The zero-order valence-electron chi connectivity index (χ0n) is 10.2. The smallest absolute Gasteiger partial charge is 0.129 e. The summed E-state index contributed by atoms with van der Waals surface area (Å²) in [4.78, 5) is 7.81. The van der Waals surface area contributed by atoms with Crippen molar-refractivity contribution in [2.45, 2.75) is 19.5 Å². The maximum atomic E-state index is 6.12. The average Bonchev–Trinajstić information content (AvgIpc) is 2.86. The number of pyridine rings is 1. The normalized spacial score (nSPS) is 12.9. The van der Waals surface area contributed by atoms with E-state index in [0.717, 1.165) is 5.69 Å². The molecule has 0 aliphatic carbocycles. The first-order valence-corrected chi connectivity index (χ1v) is 7.26. The van der Waals surface area contributed by atoms with E-state index in [0.29, 0.717) is 22.8 Å². The Morgan fingerprint density at radius 3 is 2.78 bits per heavy atom. The molecule has 2 rings (SSSR count). The van der Waals surface area contributed by atoms with Crippen LogP contribution in [0.25, 0.3) is 0 Å². The van der Waals surface area contributed by atoms with Gasteiger partial charge in [0.05, 0.1) is 10.7 Å². The van der Waals surface area contributed by atoms with E-state index in [2.05, 4.69) is 41.4 Å². The molecule has 0 aliphatic rings. The van der Waals surface area contributed by atoms with Gasteiger partial charge in [0.1, 0.15) is 5.15 Å². The molecule has 0 N–H and O–H groups in total. The van der Waals surface area contributed by atoms with Gasteiger partial charge in [0.2, 0.25) is 0 Å². The third-order valence-corrected chi connectivity index (χ3v) is 4.50. The summed E-state index contributed by atoms with van der Waals surface area (Å²) in [6.07, 6.45) is 0. The van der Waals surface area contributed by atoms with Crippen molar-refractivity contribution in [3.63, 3.8) is 0 Å². The Kier molecular flexibility index (Phi) is 4.62. The lowest BCUT2D eigenvalue weighted by Crippen LogP contribution is -2.22. The van der Waals surface area contributed by atoms with Crippen LogP contribution in [0.3, 0.4) is 0 Å². The quantitative estimate of drug-likeness (QED) is 0.765. The van der Waals surface area contributed by atoms with Crippen LogP contribution in [0.5, 0.6) is 0 Å². The molecule has 2 nitrogen and oxygen atoms in total. The largest absolute Gasteiger partial charge is 0.293 e. The van der Waals surface area contributed by atoms with E-state index < -0.39 is 0 Å². The molecular weight excluding hydrogens is 287 g/mol. The number of rotatable bonds is 4. The van der Waals surface area contributed by atoms with Crippen LogP contribution in [-0.4, -0.2) is 16.9 Å². The van der Waals surface area contributed by atoms with E-state index in [1.807, 2.05) is 0 Å². The van der Waals surface area contributed by atoms with Crippen LogP contribution in [0.15, 0.2) is 29.6 Å². The number of hydrogen-bond acceptors (Lipinski definition) is 3. The third kappa shape index (κ3) is 3.23. The highest BCUT2D eigenvalue weighted by Gasteiger charge is 2.15. The SMILES string of the molecule is CC(c1cccs1)N(C)Cc1nc(Cl)ccc1Cl. The summed E-state index contributed by atoms with van der Waals surface area (Å²) in [5.74, 6) is 0. The summed E-state index contributed by atoms with van der Waals surface area (Å²) in [5, 5.41) is 3.22. The average molecular weight is 301 g/mol. The first kappa shape index (κ1) is 13.8. The number of aromatic nitrogens is 1. The summed E-state index contributed by atoms with van der Waals surface area (Å²) in [6, 6.07) is 8.03. The zero-order valence-corrected chi connectivity index (χ0v) is 12.6. The molecule has 1 unspecified atom stereocenters. The number of thiophene rings is 1. The summed E-state index contributed by atoms with van der Waals surface area (Å²) in [7, 11) is 2.06. The molecule has 0 saturated heterocycles. The second-order valence-corrected chi connectivity index (χ2v) is 5.94. The van der Waals surface area contributed by atoms with Crippen LogP contribution >= 0.6 is 34.5 Å². The summed E-state index contributed by atoms with van der Waals surface area (Å²) >= 11 is 13.8. The maximum Gasteiger partial charge on any atom is 0.129 e. The van der Waals surface area contributed by atoms with E-state index in [-0.39, 0.29) is 0 Å². The lowest BCUT2D eigenvalue weighted by atomic mass is 10.2. The molecule has 2 aromatic rings. The maximum absolute atomic E-state index is 6.12. The van der Waals surface area contributed by atoms with E-state index in [1.54, 1.807) is 23.5 Å². The molecule has 0 spiro atoms. The number of halogens is 2. The van der Waals surface area contributed by atoms with Gasteiger partial charge in [-0.3, -0.25) is 4.90 Å². The van der Waals surface area contributed by atoms with Crippen LogP contribution in [0.1, 0.15) is 23.5 Å². The lowest BCUT2D eigenvalue weighted by molar-refractivity contribution is 0.253. The minimum Gasteiger partial charge on any atom is -0.293 e. The summed E-state index contributed by atoms with van der Waals surface area (Å²) < 4.78 is 0. The van der Waals surface area contributed by atoms with Crippen molar-refractivity contribution in [3.05, 3.63) is 50.4 Å². The fraction of sp³-hybridized carbons (Fsp3) is 0.308. The highest BCUT2D eigenvalue weighted by molar-refractivity contribution is 7.10. The second-order valence-electron chi connectivity index (χ2n) is 4.17. The van der Waals surface area contributed by atoms with Crippen LogP contribution in [0.4, 0.5) is 0 Å². The molecule has 2 aromatic heterocycles. The predicted octanol–water partition coefficient (Wildman–Crippen LogP) is 4.64. The fourth-order valence-corrected chi connectivity index (χ4v) is 2.87. The van der Waals surface area contributed by atoms with Gasteiger partial charge >= 0.3 is 0 Å². The second kappa shape index (κ2) is 6.02. The summed E-state index contributed by atoms with van der Waals surface area (Å²) in [5.41, 5.74) is 0.815. The van der Waals surface area contributed by atoms with Crippen molar-refractivity contribution < 1.29 is 0 Å². The van der Waals surface area contributed by atoms with Gasteiger partial charge in [0, 0.05) is 17.5 Å². The molecule has 0 aromatic carbocycles. The van der Waals surface area contributed by atoms with Gasteiger partial charge in [0.15, 0.2) is 0 Å². The van der Waals surface area contributed by atoms with Gasteiger partial charge in [-0.1, -0.05) is 29.3 Å². The molecule has 0 fully saturated rings. The van der Waals surface area contributed by atoms with Crippen molar-refractivity contribution in [1.82, 2.24) is 9.88 Å². The molecule has 1 atom stereocenters. The number of hydrogen-bond donors (Lipinski definition) is 0. The molecule has 0 bridgehead atoms. The molecule has 0 amide bonds. The van der Waals surface area contributed by atoms with Gasteiger partial charge in [-0.25, -0.2) is 4.98 Å². The van der Waals surface area contributed by atoms with Crippen molar-refractivity contribution in [2.75, 3.05) is 7.05 Å². The Balaban J connectivity index is 2.11. The van der Waals surface area contributed by atoms with Gasteiger partial charge < -0.3 is 0 Å². The molecule has 96 valence electrons. The van der Waals surface area contributed by atoms with Crippen molar-refractivity contribution in [1.29, 1.82) is 0 Å². The van der Waals surface area contributed by atoms with Crippen LogP contribution in [-0.2, 0) is 6.54 Å². The molecule has 0 radical (unpaired) electrons. The number of nitrogens with zero attached hydrogens (tertiary/aromatic N) is 2. The first-order valence-electron chi connectivity index (χ1n) is 5.62. The Morgan fingerprint density at radius 2 is 2.11 bits per heavy atom. The highest BCUT2D eigenvalue weighted by atomic mass is 35.5. The van der Waals surface area contributed by atoms with Crippen LogP contribution in [0, 0.1) is 0 Å².